The third-order valence-electron chi connectivity index (χ3n) is 5.26. The van der Waals surface area contributed by atoms with Gasteiger partial charge in [0.1, 0.15) is 5.75 Å². The highest BCUT2D eigenvalue weighted by atomic mass is 35.5. The minimum Gasteiger partial charge on any atom is -0.481 e. The molecule has 1 unspecified atom stereocenters. The largest absolute Gasteiger partial charge is 0.481 e. The van der Waals surface area contributed by atoms with E-state index in [0.717, 1.165) is 41.3 Å². The number of nitrogens with one attached hydrogen (secondary N) is 1. The number of halogens is 1. The lowest BCUT2D eigenvalue weighted by molar-refractivity contribution is -0.127. The number of hydrogen-bond donors (Lipinski definition) is 1. The molecule has 0 saturated carbocycles. The number of amides is 1. The first kappa shape index (κ1) is 20.7. The molecule has 0 aromatic heterocycles. The average molecular weight is 401 g/mol. The number of hydrogen-bond acceptors (Lipinski definition) is 3. The quantitative estimate of drug-likeness (QED) is 0.736. The van der Waals surface area contributed by atoms with Crippen LogP contribution in [0.25, 0.3) is 0 Å². The number of benzene rings is 2. The third kappa shape index (κ3) is 5.27. The summed E-state index contributed by atoms with van der Waals surface area (Å²) in [6.07, 6.45) is 1.97. The maximum Gasteiger partial charge on any atom is 0.261 e. The van der Waals surface area contributed by atoms with Crippen LogP contribution in [-0.4, -0.2) is 30.0 Å². The normalized spacial score (nSPS) is 15.4. The first-order chi connectivity index (χ1) is 13.4. The van der Waals surface area contributed by atoms with Crippen molar-refractivity contribution in [2.45, 2.75) is 52.8 Å². The monoisotopic (exact) mass is 400 g/mol. The Morgan fingerprint density at radius 2 is 1.75 bits per heavy atom. The summed E-state index contributed by atoms with van der Waals surface area (Å²) < 4.78 is 5.84. The van der Waals surface area contributed by atoms with E-state index in [4.69, 9.17) is 16.3 Å². The van der Waals surface area contributed by atoms with E-state index in [9.17, 15) is 4.79 Å². The summed E-state index contributed by atoms with van der Waals surface area (Å²) >= 11 is 6.20. The zero-order valence-electron chi connectivity index (χ0n) is 16.9. The minimum atomic E-state index is -0.578. The molecule has 2 aromatic carbocycles. The molecule has 1 amide bonds. The van der Waals surface area contributed by atoms with E-state index in [0.29, 0.717) is 12.3 Å². The molecule has 0 spiro atoms. The maximum atomic E-state index is 12.5. The van der Waals surface area contributed by atoms with Crippen molar-refractivity contribution in [3.05, 3.63) is 63.7 Å². The number of aryl methyl sites for hydroxylation is 2. The third-order valence-corrected chi connectivity index (χ3v) is 5.85. The van der Waals surface area contributed by atoms with Crippen molar-refractivity contribution in [1.82, 2.24) is 10.2 Å². The number of ether oxygens (including phenoxy) is 1. The zero-order chi connectivity index (χ0) is 20.1. The fourth-order valence-electron chi connectivity index (χ4n) is 3.62. The predicted molar refractivity (Wildman–Crippen MR) is 114 cm³/mol. The van der Waals surface area contributed by atoms with Crippen molar-refractivity contribution in [1.29, 1.82) is 0 Å². The second-order valence-corrected chi connectivity index (χ2v) is 7.98. The number of likely N-dealkylation sites (tertiary alicyclic amines) is 1. The second kappa shape index (κ2) is 9.44. The van der Waals surface area contributed by atoms with Crippen molar-refractivity contribution < 1.29 is 9.53 Å². The highest BCUT2D eigenvalue weighted by Crippen LogP contribution is 2.26. The molecule has 4 nitrogen and oxygen atoms in total. The van der Waals surface area contributed by atoms with Gasteiger partial charge in [-0.05, 0) is 81.1 Å². The smallest absolute Gasteiger partial charge is 0.261 e. The molecular formula is C23H29ClN2O2. The average Bonchev–Trinajstić information content (AvgIpc) is 3.18. The molecule has 1 saturated heterocycles. The van der Waals surface area contributed by atoms with E-state index < -0.39 is 6.10 Å². The number of carbonyl (C=O) groups excluding carboxylic acids is 1. The lowest BCUT2D eigenvalue weighted by atomic mass is 10.1. The Labute approximate surface area is 172 Å². The summed E-state index contributed by atoms with van der Waals surface area (Å²) in [6.45, 7) is 9.41. The molecule has 0 aliphatic carbocycles. The van der Waals surface area contributed by atoms with Crippen LogP contribution < -0.4 is 10.1 Å². The number of rotatable bonds is 7. The molecule has 0 radical (unpaired) electrons. The molecule has 1 heterocycles. The van der Waals surface area contributed by atoms with Gasteiger partial charge < -0.3 is 10.1 Å². The van der Waals surface area contributed by atoms with Crippen molar-refractivity contribution >= 4 is 17.5 Å². The van der Waals surface area contributed by atoms with Crippen LogP contribution in [0.5, 0.6) is 5.75 Å². The minimum absolute atomic E-state index is 0.124. The van der Waals surface area contributed by atoms with Crippen molar-refractivity contribution in [2.75, 3.05) is 13.1 Å². The number of nitrogens with zero attached hydrogens (tertiary/aromatic N) is 1. The highest BCUT2D eigenvalue weighted by molar-refractivity contribution is 6.32. The molecule has 1 aliphatic heterocycles. The Bertz CT molecular complexity index is 808. The summed E-state index contributed by atoms with van der Waals surface area (Å²) in [5.41, 5.74) is 4.33. The fourth-order valence-corrected chi connectivity index (χ4v) is 3.73. The van der Waals surface area contributed by atoms with Crippen molar-refractivity contribution in [2.24, 2.45) is 0 Å². The molecule has 28 heavy (non-hydrogen) atoms. The van der Waals surface area contributed by atoms with Crippen molar-refractivity contribution in [3.63, 3.8) is 0 Å². The van der Waals surface area contributed by atoms with Crippen molar-refractivity contribution in [3.8, 4) is 5.75 Å². The van der Waals surface area contributed by atoms with Gasteiger partial charge in [-0.25, -0.2) is 0 Å². The topological polar surface area (TPSA) is 41.6 Å². The standard InChI is InChI=1S/C23H29ClN2O2/c1-16-12-21(13-17(2)22(16)24)28-18(3)23(27)25-14-19-8-4-5-9-20(19)15-26-10-6-7-11-26/h4-5,8-9,12-13,18H,6-7,10-11,14-15H2,1-3H3,(H,25,27). The van der Waals surface area contributed by atoms with Crippen LogP contribution in [0.3, 0.4) is 0 Å². The molecule has 1 atom stereocenters. The van der Waals surface area contributed by atoms with Gasteiger partial charge in [0.15, 0.2) is 6.10 Å². The van der Waals surface area contributed by atoms with E-state index >= 15 is 0 Å². The Balaban J connectivity index is 1.58. The Morgan fingerprint density at radius 1 is 1.14 bits per heavy atom. The molecule has 2 aromatic rings. The van der Waals surface area contributed by atoms with Gasteiger partial charge in [-0.2, -0.15) is 0 Å². The van der Waals surface area contributed by atoms with Crippen LogP contribution >= 0.6 is 11.6 Å². The van der Waals surface area contributed by atoms with Gasteiger partial charge in [-0.3, -0.25) is 9.69 Å². The van der Waals surface area contributed by atoms with Gasteiger partial charge in [0, 0.05) is 18.1 Å². The molecule has 3 rings (SSSR count). The van der Waals surface area contributed by atoms with Gasteiger partial charge in [0.25, 0.3) is 5.91 Å². The van der Waals surface area contributed by atoms with E-state index in [2.05, 4.69) is 28.4 Å². The van der Waals surface area contributed by atoms with Gasteiger partial charge in [-0.15, -0.1) is 0 Å². The van der Waals surface area contributed by atoms with Crippen LogP contribution in [0.15, 0.2) is 36.4 Å². The molecule has 0 bridgehead atoms. The summed E-state index contributed by atoms with van der Waals surface area (Å²) in [6, 6.07) is 12.1. The zero-order valence-corrected chi connectivity index (χ0v) is 17.7. The van der Waals surface area contributed by atoms with Crippen LogP contribution in [0, 0.1) is 13.8 Å². The van der Waals surface area contributed by atoms with E-state index in [1.54, 1.807) is 6.92 Å². The molecule has 1 N–H and O–H groups in total. The van der Waals surface area contributed by atoms with Crippen LogP contribution in [0.1, 0.15) is 42.0 Å². The SMILES string of the molecule is Cc1cc(OC(C)C(=O)NCc2ccccc2CN2CCCC2)cc(C)c1Cl. The fraction of sp³-hybridized carbons (Fsp3) is 0.435. The lowest BCUT2D eigenvalue weighted by Crippen LogP contribution is -2.36. The Morgan fingerprint density at radius 3 is 2.39 bits per heavy atom. The molecular weight excluding hydrogens is 372 g/mol. The first-order valence-electron chi connectivity index (χ1n) is 9.94. The highest BCUT2D eigenvalue weighted by Gasteiger charge is 2.17. The van der Waals surface area contributed by atoms with Crippen LogP contribution in [0.4, 0.5) is 0 Å². The molecule has 1 aliphatic rings. The molecule has 1 fully saturated rings. The van der Waals surface area contributed by atoms with Gasteiger partial charge in [0.2, 0.25) is 0 Å². The summed E-state index contributed by atoms with van der Waals surface area (Å²) in [7, 11) is 0. The molecule has 150 valence electrons. The predicted octanol–water partition coefficient (Wildman–Crippen LogP) is 4.64. The number of carbonyl (C=O) groups is 1. The van der Waals surface area contributed by atoms with E-state index in [-0.39, 0.29) is 5.91 Å². The maximum absolute atomic E-state index is 12.5. The van der Waals surface area contributed by atoms with Crippen LogP contribution in [0.2, 0.25) is 5.02 Å². The van der Waals surface area contributed by atoms with E-state index in [1.165, 1.54) is 18.4 Å². The summed E-state index contributed by atoms with van der Waals surface area (Å²) in [5.74, 6) is 0.540. The Hall–Kier alpha value is -2.04. The first-order valence-corrected chi connectivity index (χ1v) is 10.3. The second-order valence-electron chi connectivity index (χ2n) is 7.60. The van der Waals surface area contributed by atoms with E-state index in [1.807, 2.05) is 32.0 Å². The Kier molecular flexibility index (Phi) is 6.97. The van der Waals surface area contributed by atoms with Crippen LogP contribution in [-0.2, 0) is 17.9 Å². The van der Waals surface area contributed by atoms with Gasteiger partial charge in [0.05, 0.1) is 0 Å². The summed E-state index contributed by atoms with van der Waals surface area (Å²) in [5, 5.41) is 3.75. The molecule has 5 heteroatoms. The summed E-state index contributed by atoms with van der Waals surface area (Å²) in [4.78, 5) is 15.0. The van der Waals surface area contributed by atoms with Gasteiger partial charge in [-0.1, -0.05) is 35.9 Å². The van der Waals surface area contributed by atoms with Gasteiger partial charge >= 0.3 is 0 Å². The lowest BCUT2D eigenvalue weighted by Gasteiger charge is -2.19.